The number of benzene rings is 3. The van der Waals surface area contributed by atoms with Crippen LogP contribution in [-0.2, 0) is 11.3 Å². The monoisotopic (exact) mass is 344 g/mol. The van der Waals surface area contributed by atoms with Gasteiger partial charge in [0.25, 0.3) is 0 Å². The Morgan fingerprint density at radius 3 is 2.58 bits per heavy atom. The van der Waals surface area contributed by atoms with Crippen molar-refractivity contribution < 1.29 is 9.53 Å². The molecule has 3 N–H and O–H groups in total. The van der Waals surface area contributed by atoms with Gasteiger partial charge in [0, 0.05) is 29.6 Å². The third kappa shape index (κ3) is 4.55. The molecule has 3 aromatic rings. The highest BCUT2D eigenvalue weighted by atomic mass is 16.5. The lowest BCUT2D eigenvalue weighted by Crippen LogP contribution is -2.24. The molecule has 0 saturated carbocycles. The second-order valence-corrected chi connectivity index (χ2v) is 5.79. The Balaban J connectivity index is 1.49. The topological polar surface area (TPSA) is 64.3 Å². The standard InChI is InChI=1S/C22H20N2O2/c23-21-14-7-12-19-18(11-6-13-20(19)21)10-4-5-15-24-22(25)26-16-17-8-2-1-3-9-17/h1-3,6-9,11-14H,5,15-16,23H2,(H,24,25). The number of anilines is 1. The van der Waals surface area contributed by atoms with Crippen LogP contribution < -0.4 is 11.1 Å². The van der Waals surface area contributed by atoms with Crippen LogP contribution in [0.4, 0.5) is 10.5 Å². The number of nitrogen functional groups attached to an aromatic ring is 1. The van der Waals surface area contributed by atoms with Gasteiger partial charge in [-0.05, 0) is 23.1 Å². The number of alkyl carbamates (subject to hydrolysis) is 1. The SMILES string of the molecule is Nc1cccc2c(C#CCCNC(=O)OCc3ccccc3)cccc12. The Morgan fingerprint density at radius 2 is 1.73 bits per heavy atom. The van der Waals surface area contributed by atoms with Crippen molar-refractivity contribution in [2.45, 2.75) is 13.0 Å². The second-order valence-electron chi connectivity index (χ2n) is 5.79. The zero-order chi connectivity index (χ0) is 18.2. The van der Waals surface area contributed by atoms with E-state index in [9.17, 15) is 4.79 Å². The number of fused-ring (bicyclic) bond motifs is 1. The van der Waals surface area contributed by atoms with Gasteiger partial charge in [-0.15, -0.1) is 0 Å². The molecule has 3 rings (SSSR count). The van der Waals surface area contributed by atoms with Gasteiger partial charge in [0.15, 0.2) is 0 Å². The van der Waals surface area contributed by atoms with Gasteiger partial charge in [-0.3, -0.25) is 0 Å². The summed E-state index contributed by atoms with van der Waals surface area (Å²) in [7, 11) is 0. The largest absolute Gasteiger partial charge is 0.445 e. The lowest BCUT2D eigenvalue weighted by atomic mass is 10.0. The first-order valence-corrected chi connectivity index (χ1v) is 8.44. The van der Waals surface area contributed by atoms with Gasteiger partial charge >= 0.3 is 6.09 Å². The lowest BCUT2D eigenvalue weighted by Gasteiger charge is -2.05. The molecule has 0 aliphatic rings. The Morgan fingerprint density at radius 1 is 0.962 bits per heavy atom. The predicted molar refractivity (Wildman–Crippen MR) is 104 cm³/mol. The third-order valence-corrected chi connectivity index (χ3v) is 3.91. The van der Waals surface area contributed by atoms with Gasteiger partial charge in [0.2, 0.25) is 0 Å². The van der Waals surface area contributed by atoms with Crippen molar-refractivity contribution >= 4 is 22.6 Å². The van der Waals surface area contributed by atoms with Crippen LogP contribution in [0.5, 0.6) is 0 Å². The van der Waals surface area contributed by atoms with Crippen molar-refractivity contribution in [2.75, 3.05) is 12.3 Å². The molecule has 0 radical (unpaired) electrons. The molecule has 4 heteroatoms. The first-order valence-electron chi connectivity index (χ1n) is 8.44. The van der Waals surface area contributed by atoms with Gasteiger partial charge in [-0.25, -0.2) is 4.79 Å². The van der Waals surface area contributed by atoms with Crippen LogP contribution >= 0.6 is 0 Å². The Kier molecular flexibility index (Phi) is 5.74. The van der Waals surface area contributed by atoms with Crippen LogP contribution in [0.2, 0.25) is 0 Å². The van der Waals surface area contributed by atoms with E-state index in [2.05, 4.69) is 17.2 Å². The van der Waals surface area contributed by atoms with Gasteiger partial charge < -0.3 is 15.8 Å². The van der Waals surface area contributed by atoms with E-state index in [1.54, 1.807) is 0 Å². The van der Waals surface area contributed by atoms with Crippen LogP contribution in [0.1, 0.15) is 17.5 Å². The average molecular weight is 344 g/mol. The minimum Gasteiger partial charge on any atom is -0.445 e. The maximum atomic E-state index is 11.7. The molecule has 0 spiro atoms. The van der Waals surface area contributed by atoms with E-state index in [1.165, 1.54) is 0 Å². The number of ether oxygens (including phenoxy) is 1. The number of nitrogens with two attached hydrogens (primary N) is 1. The molecule has 0 aromatic heterocycles. The number of amides is 1. The van der Waals surface area contributed by atoms with Crippen molar-refractivity contribution in [2.24, 2.45) is 0 Å². The Bertz CT molecular complexity index is 956. The average Bonchev–Trinajstić information content (AvgIpc) is 2.67. The molecule has 0 unspecified atom stereocenters. The van der Waals surface area contributed by atoms with E-state index < -0.39 is 6.09 Å². The minimum absolute atomic E-state index is 0.260. The number of nitrogens with one attached hydrogen (secondary N) is 1. The molecule has 0 bridgehead atoms. The molecular formula is C22H20N2O2. The molecule has 0 saturated heterocycles. The van der Waals surface area contributed by atoms with Crippen LogP contribution in [0.25, 0.3) is 10.8 Å². The van der Waals surface area contributed by atoms with Crippen LogP contribution in [0, 0.1) is 11.8 Å². The number of rotatable bonds is 4. The van der Waals surface area contributed by atoms with E-state index >= 15 is 0 Å². The first-order chi connectivity index (χ1) is 12.7. The van der Waals surface area contributed by atoms with Crippen molar-refractivity contribution in [1.82, 2.24) is 5.32 Å². The summed E-state index contributed by atoms with van der Waals surface area (Å²) in [4.78, 5) is 11.7. The van der Waals surface area contributed by atoms with E-state index in [-0.39, 0.29) is 6.61 Å². The summed E-state index contributed by atoms with van der Waals surface area (Å²) in [5, 5.41) is 4.74. The maximum absolute atomic E-state index is 11.7. The Labute approximate surface area is 153 Å². The first kappa shape index (κ1) is 17.4. The molecule has 26 heavy (non-hydrogen) atoms. The van der Waals surface area contributed by atoms with Crippen molar-refractivity contribution in [3.05, 3.63) is 77.9 Å². The second kappa shape index (κ2) is 8.59. The Hall–Kier alpha value is -3.45. The van der Waals surface area contributed by atoms with Gasteiger partial charge in [-0.2, -0.15) is 0 Å². The molecule has 4 nitrogen and oxygen atoms in total. The van der Waals surface area contributed by atoms with Gasteiger partial charge in [0.1, 0.15) is 6.61 Å². The lowest BCUT2D eigenvalue weighted by molar-refractivity contribution is 0.140. The summed E-state index contributed by atoms with van der Waals surface area (Å²) in [6.07, 6.45) is 0.104. The molecule has 0 atom stereocenters. The van der Waals surface area contributed by atoms with Crippen LogP contribution in [0.3, 0.4) is 0 Å². The number of hydrogen-bond donors (Lipinski definition) is 2. The molecule has 0 fully saturated rings. The molecule has 0 aliphatic heterocycles. The molecule has 0 aliphatic carbocycles. The maximum Gasteiger partial charge on any atom is 0.407 e. The van der Waals surface area contributed by atoms with Gasteiger partial charge in [0.05, 0.1) is 0 Å². The third-order valence-electron chi connectivity index (χ3n) is 3.91. The molecular weight excluding hydrogens is 324 g/mol. The predicted octanol–water partition coefficient (Wildman–Crippen LogP) is 4.09. The fourth-order valence-corrected chi connectivity index (χ4v) is 2.60. The van der Waals surface area contributed by atoms with E-state index in [1.807, 2.05) is 66.7 Å². The van der Waals surface area contributed by atoms with E-state index in [0.717, 1.165) is 27.6 Å². The molecule has 130 valence electrons. The van der Waals surface area contributed by atoms with Gasteiger partial charge in [-0.1, -0.05) is 66.4 Å². The summed E-state index contributed by atoms with van der Waals surface area (Å²) in [5.41, 5.74) is 8.63. The normalized spacial score (nSPS) is 10.0. The fourth-order valence-electron chi connectivity index (χ4n) is 2.60. The number of hydrogen-bond acceptors (Lipinski definition) is 3. The zero-order valence-corrected chi connectivity index (χ0v) is 14.4. The van der Waals surface area contributed by atoms with Crippen molar-refractivity contribution in [3.8, 4) is 11.8 Å². The van der Waals surface area contributed by atoms with E-state index in [4.69, 9.17) is 10.5 Å². The highest BCUT2D eigenvalue weighted by Crippen LogP contribution is 2.23. The zero-order valence-electron chi connectivity index (χ0n) is 14.4. The highest BCUT2D eigenvalue weighted by Gasteiger charge is 2.02. The quantitative estimate of drug-likeness (QED) is 0.426. The summed E-state index contributed by atoms with van der Waals surface area (Å²) in [6.45, 7) is 0.698. The van der Waals surface area contributed by atoms with Crippen LogP contribution in [-0.4, -0.2) is 12.6 Å². The van der Waals surface area contributed by atoms with E-state index in [0.29, 0.717) is 13.0 Å². The molecule has 0 heterocycles. The summed E-state index contributed by atoms with van der Waals surface area (Å²) in [6, 6.07) is 21.3. The summed E-state index contributed by atoms with van der Waals surface area (Å²) in [5.74, 6) is 6.23. The highest BCUT2D eigenvalue weighted by molar-refractivity contribution is 5.96. The minimum atomic E-state index is -0.436. The van der Waals surface area contributed by atoms with Crippen LogP contribution in [0.15, 0.2) is 66.7 Å². The number of carbonyl (C=O) groups is 1. The summed E-state index contributed by atoms with van der Waals surface area (Å²) < 4.78 is 5.15. The molecule has 1 amide bonds. The molecule has 3 aromatic carbocycles. The number of carbonyl (C=O) groups excluding carboxylic acids is 1. The fraction of sp³-hybridized carbons (Fsp3) is 0.136. The van der Waals surface area contributed by atoms with Crippen molar-refractivity contribution in [1.29, 1.82) is 0 Å². The smallest absolute Gasteiger partial charge is 0.407 e. The van der Waals surface area contributed by atoms with Crippen molar-refractivity contribution in [3.63, 3.8) is 0 Å². The summed E-state index contributed by atoms with van der Waals surface area (Å²) >= 11 is 0.